The first-order chi connectivity index (χ1) is 6.72. The van der Waals surface area contributed by atoms with Crippen molar-refractivity contribution in [1.29, 1.82) is 0 Å². The summed E-state index contributed by atoms with van der Waals surface area (Å²) in [6.45, 7) is 1.17. The van der Waals surface area contributed by atoms with Crippen molar-refractivity contribution in [3.8, 4) is 0 Å². The van der Waals surface area contributed by atoms with Gasteiger partial charge in [0.05, 0.1) is 6.04 Å². The Morgan fingerprint density at radius 2 is 1.79 bits per heavy atom. The predicted molar refractivity (Wildman–Crippen MR) is 68.5 cm³/mol. The van der Waals surface area contributed by atoms with Gasteiger partial charge in [-0.25, -0.2) is 0 Å². The van der Waals surface area contributed by atoms with Crippen LogP contribution in [0.1, 0.15) is 0 Å². The van der Waals surface area contributed by atoms with E-state index in [1.165, 1.54) is 11.8 Å². The molecule has 0 fully saturated rings. The van der Waals surface area contributed by atoms with Crippen LogP contribution >= 0.6 is 33.3 Å². The van der Waals surface area contributed by atoms with E-state index in [-0.39, 0.29) is 11.2 Å². The van der Waals surface area contributed by atoms with E-state index in [0.717, 1.165) is 5.75 Å². The van der Waals surface area contributed by atoms with Gasteiger partial charge in [0.25, 0.3) is 0 Å². The summed E-state index contributed by atoms with van der Waals surface area (Å²) >= 11 is 1.21. The quantitative estimate of drug-likeness (QED) is 0.411. The molecule has 0 aliphatic carbocycles. The van der Waals surface area contributed by atoms with Crippen LogP contribution < -0.4 is 17.2 Å². The highest BCUT2D eigenvalue weighted by Crippen LogP contribution is 2.21. The SMILES string of the molecule is NCCSSCC(N)C(=O)SCCN. The lowest BCUT2D eigenvalue weighted by Crippen LogP contribution is -2.31. The fourth-order valence-corrected chi connectivity index (χ4v) is 3.26. The van der Waals surface area contributed by atoms with Crippen molar-refractivity contribution < 1.29 is 4.79 Å². The second-order valence-corrected chi connectivity index (χ2v) is 6.18. The standard InChI is InChI=1S/C7H17N3OS3/c8-1-3-12-7(11)6(10)5-14-13-4-2-9/h6H,1-5,8-10H2. The lowest BCUT2D eigenvalue weighted by Gasteiger charge is -2.08. The highest BCUT2D eigenvalue weighted by Gasteiger charge is 2.13. The molecule has 0 aromatic rings. The summed E-state index contributed by atoms with van der Waals surface area (Å²) in [5.74, 6) is 2.18. The molecule has 6 N–H and O–H groups in total. The van der Waals surface area contributed by atoms with Gasteiger partial charge in [-0.2, -0.15) is 0 Å². The predicted octanol–water partition coefficient (Wildman–Crippen LogP) is -0.128. The number of thioether (sulfide) groups is 1. The van der Waals surface area contributed by atoms with Crippen LogP contribution in [-0.4, -0.2) is 41.5 Å². The van der Waals surface area contributed by atoms with Crippen molar-refractivity contribution in [1.82, 2.24) is 0 Å². The first kappa shape index (κ1) is 14.6. The molecule has 0 aromatic heterocycles. The molecule has 0 heterocycles. The molecule has 0 bridgehead atoms. The molecule has 0 rings (SSSR count). The Bertz CT molecular complexity index is 159. The molecule has 0 aliphatic heterocycles. The third-order valence-electron chi connectivity index (χ3n) is 1.20. The summed E-state index contributed by atoms with van der Waals surface area (Å²) in [5, 5.41) is 0.0244. The Hall–Kier alpha value is 0.600. The lowest BCUT2D eigenvalue weighted by molar-refractivity contribution is -0.111. The summed E-state index contributed by atoms with van der Waals surface area (Å²) in [4.78, 5) is 11.3. The van der Waals surface area contributed by atoms with E-state index in [1.54, 1.807) is 21.6 Å². The van der Waals surface area contributed by atoms with E-state index in [9.17, 15) is 4.79 Å². The minimum absolute atomic E-state index is 0.0244. The summed E-state index contributed by atoms with van der Waals surface area (Å²) < 4.78 is 0. The smallest absolute Gasteiger partial charge is 0.206 e. The second kappa shape index (κ2) is 10.1. The number of hydrogen-bond acceptors (Lipinski definition) is 7. The molecule has 0 spiro atoms. The molecule has 4 nitrogen and oxygen atoms in total. The maximum atomic E-state index is 11.3. The summed E-state index contributed by atoms with van der Waals surface area (Å²) in [6, 6.07) is -0.387. The van der Waals surface area contributed by atoms with Crippen molar-refractivity contribution in [2.75, 3.05) is 30.3 Å². The van der Waals surface area contributed by atoms with Crippen molar-refractivity contribution >= 4 is 38.5 Å². The molecule has 84 valence electrons. The maximum absolute atomic E-state index is 11.3. The van der Waals surface area contributed by atoms with Gasteiger partial charge in [0.1, 0.15) is 0 Å². The van der Waals surface area contributed by atoms with E-state index < -0.39 is 0 Å². The normalized spacial score (nSPS) is 12.8. The molecule has 1 atom stereocenters. The van der Waals surface area contributed by atoms with Crippen molar-refractivity contribution in [3.63, 3.8) is 0 Å². The van der Waals surface area contributed by atoms with Gasteiger partial charge in [-0.15, -0.1) is 0 Å². The van der Waals surface area contributed by atoms with Crippen LogP contribution in [0.3, 0.4) is 0 Å². The first-order valence-corrected chi connectivity index (χ1v) is 7.76. The summed E-state index contributed by atoms with van der Waals surface area (Å²) in [6.07, 6.45) is 0. The molecular weight excluding hydrogens is 238 g/mol. The Morgan fingerprint density at radius 3 is 2.36 bits per heavy atom. The van der Waals surface area contributed by atoms with Crippen LogP contribution in [0, 0.1) is 0 Å². The summed E-state index contributed by atoms with van der Waals surface area (Å²) in [7, 11) is 3.24. The van der Waals surface area contributed by atoms with Crippen LogP contribution in [-0.2, 0) is 4.79 Å². The molecular formula is C7H17N3OS3. The topological polar surface area (TPSA) is 95.1 Å². The Morgan fingerprint density at radius 1 is 1.14 bits per heavy atom. The molecule has 0 radical (unpaired) electrons. The molecule has 0 aromatic carbocycles. The molecule has 0 amide bonds. The van der Waals surface area contributed by atoms with Crippen LogP contribution in [0.25, 0.3) is 0 Å². The van der Waals surface area contributed by atoms with Gasteiger partial charge in [-0.3, -0.25) is 4.79 Å². The average Bonchev–Trinajstić information content (AvgIpc) is 2.20. The number of nitrogens with two attached hydrogens (primary N) is 3. The van der Waals surface area contributed by atoms with Gasteiger partial charge in [0, 0.05) is 30.3 Å². The van der Waals surface area contributed by atoms with Gasteiger partial charge < -0.3 is 17.2 Å². The van der Waals surface area contributed by atoms with Crippen LogP contribution in [0.5, 0.6) is 0 Å². The molecule has 0 saturated carbocycles. The molecule has 7 heteroatoms. The van der Waals surface area contributed by atoms with Crippen LogP contribution in [0.15, 0.2) is 0 Å². The van der Waals surface area contributed by atoms with Crippen molar-refractivity contribution in [3.05, 3.63) is 0 Å². The fourth-order valence-electron chi connectivity index (χ4n) is 0.563. The van der Waals surface area contributed by atoms with E-state index in [4.69, 9.17) is 17.2 Å². The van der Waals surface area contributed by atoms with Gasteiger partial charge >= 0.3 is 0 Å². The van der Waals surface area contributed by atoms with Crippen LogP contribution in [0.2, 0.25) is 0 Å². The van der Waals surface area contributed by atoms with Crippen molar-refractivity contribution in [2.24, 2.45) is 17.2 Å². The summed E-state index contributed by atoms with van der Waals surface area (Å²) in [5.41, 5.74) is 16.3. The third-order valence-corrected chi connectivity index (χ3v) is 4.70. The molecule has 0 saturated heterocycles. The van der Waals surface area contributed by atoms with E-state index in [1.807, 2.05) is 0 Å². The van der Waals surface area contributed by atoms with Gasteiger partial charge in [0.15, 0.2) is 0 Å². The second-order valence-electron chi connectivity index (χ2n) is 2.46. The van der Waals surface area contributed by atoms with E-state index in [0.29, 0.717) is 24.6 Å². The van der Waals surface area contributed by atoms with Crippen molar-refractivity contribution in [2.45, 2.75) is 6.04 Å². The van der Waals surface area contributed by atoms with Gasteiger partial charge in [-0.1, -0.05) is 33.3 Å². The maximum Gasteiger partial charge on any atom is 0.206 e. The lowest BCUT2D eigenvalue weighted by atomic mass is 10.4. The van der Waals surface area contributed by atoms with E-state index in [2.05, 4.69) is 0 Å². The zero-order valence-electron chi connectivity index (χ0n) is 7.98. The first-order valence-electron chi connectivity index (χ1n) is 4.29. The number of carbonyl (C=O) groups is 1. The third kappa shape index (κ3) is 7.95. The van der Waals surface area contributed by atoms with Crippen LogP contribution in [0.4, 0.5) is 0 Å². The molecule has 0 aliphatic rings. The number of hydrogen-bond donors (Lipinski definition) is 3. The largest absolute Gasteiger partial charge is 0.330 e. The Kier molecular flexibility index (Phi) is 10.6. The van der Waals surface area contributed by atoms with Gasteiger partial charge in [0.2, 0.25) is 5.12 Å². The van der Waals surface area contributed by atoms with Gasteiger partial charge in [-0.05, 0) is 0 Å². The number of carbonyl (C=O) groups excluding carboxylic acids is 1. The highest BCUT2D eigenvalue weighted by molar-refractivity contribution is 8.76. The minimum Gasteiger partial charge on any atom is -0.330 e. The fraction of sp³-hybridized carbons (Fsp3) is 0.857. The molecule has 1 unspecified atom stereocenters. The zero-order valence-corrected chi connectivity index (χ0v) is 10.4. The minimum atomic E-state index is -0.387. The van der Waals surface area contributed by atoms with E-state index >= 15 is 0 Å². The molecule has 14 heavy (non-hydrogen) atoms. The monoisotopic (exact) mass is 255 g/mol. The zero-order chi connectivity index (χ0) is 10.8. The highest BCUT2D eigenvalue weighted by atomic mass is 33.1. The average molecular weight is 255 g/mol. The Labute approximate surface area is 96.9 Å². The Balaban J connectivity index is 3.42. The number of rotatable bonds is 8.